The molecule has 0 fully saturated rings. The zero-order chi connectivity index (χ0) is 19.5. The third kappa shape index (κ3) is 3.79. The summed E-state index contributed by atoms with van der Waals surface area (Å²) in [5, 5.41) is 7.35. The lowest BCUT2D eigenvalue weighted by atomic mass is 10.1. The number of anilines is 1. The Hall–Kier alpha value is -3.45. The monoisotopic (exact) mass is 390 g/mol. The lowest BCUT2D eigenvalue weighted by molar-refractivity contribution is -0.117. The van der Waals surface area contributed by atoms with Crippen molar-refractivity contribution in [1.29, 1.82) is 0 Å². The van der Waals surface area contributed by atoms with Gasteiger partial charge in [0, 0.05) is 23.6 Å². The molecule has 0 spiro atoms. The van der Waals surface area contributed by atoms with Crippen molar-refractivity contribution >= 4 is 34.5 Å². The van der Waals surface area contributed by atoms with Gasteiger partial charge in [0.1, 0.15) is 11.7 Å². The fraction of sp³-hybridized carbons (Fsp3) is 0.0952. The van der Waals surface area contributed by atoms with Crippen LogP contribution in [0.25, 0.3) is 16.9 Å². The first-order valence-electron chi connectivity index (χ1n) is 8.79. The highest BCUT2D eigenvalue weighted by atomic mass is 32.1. The number of hydrogen-bond donors (Lipinski definition) is 2. The fourth-order valence-corrected chi connectivity index (χ4v) is 3.42. The van der Waals surface area contributed by atoms with Gasteiger partial charge in [-0.15, -0.1) is 11.3 Å². The number of thiophene rings is 1. The van der Waals surface area contributed by atoms with Crippen molar-refractivity contribution < 1.29 is 9.59 Å². The molecule has 0 aliphatic heterocycles. The largest absolute Gasteiger partial charge is 0.340 e. The Morgan fingerprint density at radius 3 is 2.61 bits per heavy atom. The summed E-state index contributed by atoms with van der Waals surface area (Å²) in [6.07, 6.45) is 3.91. The van der Waals surface area contributed by atoms with Gasteiger partial charge in [-0.05, 0) is 42.6 Å². The molecule has 4 aromatic rings. The molecule has 1 aromatic carbocycles. The molecule has 0 saturated heterocycles. The van der Waals surface area contributed by atoms with Crippen LogP contribution in [-0.2, 0) is 4.79 Å². The summed E-state index contributed by atoms with van der Waals surface area (Å²) in [6, 6.07) is 16.2. The summed E-state index contributed by atoms with van der Waals surface area (Å²) < 4.78 is 1.96. The molecule has 6 nitrogen and oxygen atoms in total. The number of rotatable bonds is 5. The number of imidazole rings is 1. The van der Waals surface area contributed by atoms with E-state index in [2.05, 4.69) is 15.6 Å². The smallest absolute Gasteiger partial charge is 0.261 e. The lowest BCUT2D eigenvalue weighted by Gasteiger charge is -2.13. The van der Waals surface area contributed by atoms with E-state index in [0.29, 0.717) is 10.6 Å². The quantitative estimate of drug-likeness (QED) is 0.544. The number of benzene rings is 1. The summed E-state index contributed by atoms with van der Waals surface area (Å²) >= 11 is 1.34. The van der Waals surface area contributed by atoms with Crippen LogP contribution in [0.5, 0.6) is 0 Å². The van der Waals surface area contributed by atoms with Gasteiger partial charge in [0.25, 0.3) is 5.91 Å². The molecule has 0 bridgehead atoms. The van der Waals surface area contributed by atoms with Gasteiger partial charge in [0.2, 0.25) is 5.91 Å². The normalized spacial score (nSPS) is 11.9. The molecular weight excluding hydrogens is 372 g/mol. The van der Waals surface area contributed by atoms with Gasteiger partial charge in [-0.25, -0.2) is 4.98 Å². The van der Waals surface area contributed by atoms with Gasteiger partial charge < -0.3 is 15.0 Å². The van der Waals surface area contributed by atoms with Crippen LogP contribution in [0, 0.1) is 0 Å². The van der Waals surface area contributed by atoms with Gasteiger partial charge in [-0.1, -0.05) is 24.3 Å². The molecular formula is C21H18N4O2S. The Morgan fingerprint density at radius 1 is 1.07 bits per heavy atom. The number of amides is 2. The predicted octanol–water partition coefficient (Wildman–Crippen LogP) is 3.82. The minimum Gasteiger partial charge on any atom is -0.340 e. The highest BCUT2D eigenvalue weighted by Crippen LogP contribution is 2.21. The second-order valence-electron chi connectivity index (χ2n) is 6.33. The third-order valence-corrected chi connectivity index (χ3v) is 5.17. The fourth-order valence-electron chi connectivity index (χ4n) is 2.79. The molecule has 7 heteroatoms. The Kier molecular flexibility index (Phi) is 4.90. The van der Waals surface area contributed by atoms with E-state index < -0.39 is 6.04 Å². The molecule has 3 heterocycles. The first-order valence-corrected chi connectivity index (χ1v) is 9.67. The number of hydrogen-bond acceptors (Lipinski definition) is 4. The first kappa shape index (κ1) is 17.9. The highest BCUT2D eigenvalue weighted by molar-refractivity contribution is 7.12. The van der Waals surface area contributed by atoms with Crippen molar-refractivity contribution in [3.05, 3.63) is 77.2 Å². The highest BCUT2D eigenvalue weighted by Gasteiger charge is 2.17. The Balaban J connectivity index is 1.41. The number of nitrogens with one attached hydrogen (secondary N) is 2. The topological polar surface area (TPSA) is 75.5 Å². The molecule has 0 aliphatic rings. The van der Waals surface area contributed by atoms with Gasteiger partial charge in [-0.3, -0.25) is 9.59 Å². The molecule has 1 atom stereocenters. The Morgan fingerprint density at radius 2 is 1.89 bits per heavy atom. The van der Waals surface area contributed by atoms with E-state index in [4.69, 9.17) is 0 Å². The summed E-state index contributed by atoms with van der Waals surface area (Å²) in [7, 11) is 0. The maximum Gasteiger partial charge on any atom is 0.261 e. The van der Waals surface area contributed by atoms with E-state index in [1.54, 1.807) is 19.1 Å². The molecule has 28 heavy (non-hydrogen) atoms. The third-order valence-electron chi connectivity index (χ3n) is 4.30. The Bertz CT molecular complexity index is 1080. The van der Waals surface area contributed by atoms with E-state index in [0.717, 1.165) is 16.9 Å². The predicted molar refractivity (Wildman–Crippen MR) is 111 cm³/mol. The maximum atomic E-state index is 12.4. The van der Waals surface area contributed by atoms with E-state index in [9.17, 15) is 9.59 Å². The van der Waals surface area contributed by atoms with Crippen LogP contribution >= 0.6 is 11.3 Å². The number of fused-ring (bicyclic) bond motifs is 1. The van der Waals surface area contributed by atoms with Gasteiger partial charge >= 0.3 is 0 Å². The van der Waals surface area contributed by atoms with E-state index in [1.165, 1.54) is 11.3 Å². The number of pyridine rings is 1. The van der Waals surface area contributed by atoms with Crippen LogP contribution in [0.1, 0.15) is 16.6 Å². The second kappa shape index (κ2) is 7.66. The number of carbonyl (C=O) groups is 2. The van der Waals surface area contributed by atoms with Crippen LogP contribution in [0.2, 0.25) is 0 Å². The zero-order valence-corrected chi connectivity index (χ0v) is 15.9. The van der Waals surface area contributed by atoms with E-state index in [1.807, 2.05) is 64.6 Å². The van der Waals surface area contributed by atoms with Crippen molar-refractivity contribution in [3.8, 4) is 11.3 Å². The van der Waals surface area contributed by atoms with E-state index in [-0.39, 0.29) is 11.8 Å². The van der Waals surface area contributed by atoms with Crippen molar-refractivity contribution in [1.82, 2.24) is 14.7 Å². The van der Waals surface area contributed by atoms with Crippen LogP contribution in [0.4, 0.5) is 5.69 Å². The van der Waals surface area contributed by atoms with Crippen LogP contribution in [0.15, 0.2) is 72.4 Å². The maximum absolute atomic E-state index is 12.4. The Labute approximate surface area is 165 Å². The molecule has 3 aromatic heterocycles. The van der Waals surface area contributed by atoms with Gasteiger partial charge in [-0.2, -0.15) is 0 Å². The number of aromatic nitrogens is 2. The van der Waals surface area contributed by atoms with Gasteiger partial charge in [0.15, 0.2) is 0 Å². The molecule has 0 aliphatic carbocycles. The number of carbonyl (C=O) groups excluding carboxylic acids is 2. The average Bonchev–Trinajstić information content (AvgIpc) is 3.38. The zero-order valence-electron chi connectivity index (χ0n) is 15.1. The molecule has 140 valence electrons. The summed E-state index contributed by atoms with van der Waals surface area (Å²) in [5.74, 6) is -0.523. The molecule has 1 unspecified atom stereocenters. The lowest BCUT2D eigenvalue weighted by Crippen LogP contribution is -2.41. The molecule has 0 saturated carbocycles. The minimum atomic E-state index is -0.646. The van der Waals surface area contributed by atoms with Crippen molar-refractivity contribution in [3.63, 3.8) is 0 Å². The SMILES string of the molecule is CC(NC(=O)c1cccs1)C(=O)Nc1ccc(-c2cn3ccccc3n2)cc1. The summed E-state index contributed by atoms with van der Waals surface area (Å²) in [6.45, 7) is 1.66. The van der Waals surface area contributed by atoms with Crippen LogP contribution < -0.4 is 10.6 Å². The van der Waals surface area contributed by atoms with Crippen molar-refractivity contribution in [2.75, 3.05) is 5.32 Å². The molecule has 2 amide bonds. The minimum absolute atomic E-state index is 0.250. The van der Waals surface area contributed by atoms with Crippen LogP contribution in [-0.4, -0.2) is 27.2 Å². The van der Waals surface area contributed by atoms with Crippen LogP contribution in [0.3, 0.4) is 0 Å². The summed E-state index contributed by atoms with van der Waals surface area (Å²) in [5.41, 5.74) is 3.36. The standard InChI is InChI=1S/C21H18N4O2S/c1-14(22-21(27)18-5-4-12-28-18)20(26)23-16-9-7-15(8-10-16)17-13-25-11-3-2-6-19(25)24-17/h2-14H,1H3,(H,22,27)(H,23,26). The second-order valence-corrected chi connectivity index (χ2v) is 7.28. The number of nitrogens with zero attached hydrogens (tertiary/aromatic N) is 2. The molecule has 2 N–H and O–H groups in total. The summed E-state index contributed by atoms with van der Waals surface area (Å²) in [4.78, 5) is 29.6. The molecule has 4 rings (SSSR count). The molecule has 0 radical (unpaired) electrons. The van der Waals surface area contributed by atoms with Crippen molar-refractivity contribution in [2.24, 2.45) is 0 Å². The van der Waals surface area contributed by atoms with Gasteiger partial charge in [0.05, 0.1) is 10.6 Å². The average molecular weight is 390 g/mol. The van der Waals surface area contributed by atoms with E-state index >= 15 is 0 Å². The van der Waals surface area contributed by atoms with Crippen molar-refractivity contribution in [2.45, 2.75) is 13.0 Å². The first-order chi connectivity index (χ1) is 13.6.